The Hall–Kier alpha value is -2.77. The quantitative estimate of drug-likeness (QED) is 0.803. The number of morpholine rings is 1. The SMILES string of the molecule is COc1ccc([C@H]2[C@H](CO)OCCN2C(=O)c2ccc(N(C)C)cc2)cc1OC. The van der Waals surface area contributed by atoms with Gasteiger partial charge < -0.3 is 29.1 Å². The van der Waals surface area contributed by atoms with Crippen molar-refractivity contribution in [1.29, 1.82) is 0 Å². The number of carbonyl (C=O) groups excluding carboxylic acids is 1. The third-order valence-corrected chi connectivity index (χ3v) is 5.17. The Morgan fingerprint density at radius 3 is 2.41 bits per heavy atom. The van der Waals surface area contributed by atoms with E-state index in [-0.39, 0.29) is 12.5 Å². The standard InChI is InChI=1S/C22H28N2O5/c1-23(2)17-8-5-15(6-9-17)22(26)24-11-12-29-20(14-25)21(24)16-7-10-18(27-3)19(13-16)28-4/h5-10,13,20-21,25H,11-12,14H2,1-4H3/t20-,21-/m0/s1. The molecule has 0 spiro atoms. The van der Waals surface area contributed by atoms with Crippen LogP contribution in [0.15, 0.2) is 42.5 Å². The van der Waals surface area contributed by atoms with Gasteiger partial charge in [-0.3, -0.25) is 4.79 Å². The molecule has 1 aliphatic rings. The maximum Gasteiger partial charge on any atom is 0.254 e. The van der Waals surface area contributed by atoms with Crippen LogP contribution >= 0.6 is 0 Å². The van der Waals surface area contributed by atoms with Gasteiger partial charge in [0, 0.05) is 31.9 Å². The van der Waals surface area contributed by atoms with E-state index in [1.54, 1.807) is 25.2 Å². The van der Waals surface area contributed by atoms with Crippen molar-refractivity contribution < 1.29 is 24.1 Å². The van der Waals surface area contributed by atoms with Crippen molar-refractivity contribution in [3.8, 4) is 11.5 Å². The second kappa shape index (κ2) is 9.15. The fraction of sp³-hybridized carbons (Fsp3) is 0.409. The van der Waals surface area contributed by atoms with Gasteiger partial charge in [-0.15, -0.1) is 0 Å². The van der Waals surface area contributed by atoms with Crippen LogP contribution in [0.25, 0.3) is 0 Å². The number of methoxy groups -OCH3 is 2. The second-order valence-corrected chi connectivity index (χ2v) is 7.09. The normalized spacial score (nSPS) is 19.0. The van der Waals surface area contributed by atoms with Gasteiger partial charge in [0.2, 0.25) is 0 Å². The van der Waals surface area contributed by atoms with Crippen LogP contribution in [0.5, 0.6) is 11.5 Å². The summed E-state index contributed by atoms with van der Waals surface area (Å²) in [6.07, 6.45) is -0.521. The lowest BCUT2D eigenvalue weighted by atomic mass is 9.96. The number of ether oxygens (including phenoxy) is 3. The zero-order valence-electron chi connectivity index (χ0n) is 17.3. The highest BCUT2D eigenvalue weighted by atomic mass is 16.5. The summed E-state index contributed by atoms with van der Waals surface area (Å²) in [5, 5.41) is 9.89. The number of hydrogen-bond acceptors (Lipinski definition) is 6. The molecule has 156 valence electrons. The fourth-order valence-electron chi connectivity index (χ4n) is 3.61. The molecule has 2 aromatic carbocycles. The molecular weight excluding hydrogens is 372 g/mol. The maximum atomic E-state index is 13.3. The number of anilines is 1. The van der Waals surface area contributed by atoms with E-state index in [2.05, 4.69) is 0 Å². The smallest absolute Gasteiger partial charge is 0.254 e. The number of rotatable bonds is 6. The van der Waals surface area contributed by atoms with Crippen molar-refractivity contribution in [2.24, 2.45) is 0 Å². The van der Waals surface area contributed by atoms with Crippen LogP contribution in [0, 0.1) is 0 Å². The lowest BCUT2D eigenvalue weighted by Gasteiger charge is -2.41. The molecule has 7 heteroatoms. The van der Waals surface area contributed by atoms with Gasteiger partial charge >= 0.3 is 0 Å². The summed E-state index contributed by atoms with van der Waals surface area (Å²) in [7, 11) is 7.05. The van der Waals surface area contributed by atoms with Gasteiger partial charge in [-0.05, 0) is 42.0 Å². The lowest BCUT2D eigenvalue weighted by molar-refractivity contribution is -0.0811. The van der Waals surface area contributed by atoms with Gasteiger partial charge in [-0.2, -0.15) is 0 Å². The number of aliphatic hydroxyl groups excluding tert-OH is 1. The molecule has 0 aliphatic carbocycles. The van der Waals surface area contributed by atoms with Crippen molar-refractivity contribution in [3.63, 3.8) is 0 Å². The number of benzene rings is 2. The van der Waals surface area contributed by atoms with Gasteiger partial charge in [0.15, 0.2) is 11.5 Å². The van der Waals surface area contributed by atoms with Gasteiger partial charge in [0.25, 0.3) is 5.91 Å². The monoisotopic (exact) mass is 400 g/mol. The Bertz CT molecular complexity index is 838. The molecule has 1 aliphatic heterocycles. The fourth-order valence-corrected chi connectivity index (χ4v) is 3.61. The third kappa shape index (κ3) is 4.31. The highest BCUT2D eigenvalue weighted by molar-refractivity contribution is 5.95. The van der Waals surface area contributed by atoms with Crippen molar-refractivity contribution in [1.82, 2.24) is 4.90 Å². The largest absolute Gasteiger partial charge is 0.493 e. The zero-order valence-corrected chi connectivity index (χ0v) is 17.3. The highest BCUT2D eigenvalue weighted by Gasteiger charge is 2.37. The Labute approximate surface area is 171 Å². The van der Waals surface area contributed by atoms with Crippen LogP contribution in [-0.4, -0.2) is 70.1 Å². The molecule has 0 aromatic heterocycles. The first-order valence-corrected chi connectivity index (χ1v) is 9.53. The average molecular weight is 400 g/mol. The summed E-state index contributed by atoms with van der Waals surface area (Å²) in [5.41, 5.74) is 2.44. The van der Waals surface area contributed by atoms with E-state index in [0.717, 1.165) is 11.3 Å². The molecular formula is C22H28N2O5. The minimum atomic E-state index is -0.521. The molecule has 3 rings (SSSR count). The number of carbonyl (C=O) groups is 1. The van der Waals surface area contributed by atoms with E-state index in [9.17, 15) is 9.90 Å². The van der Waals surface area contributed by atoms with Crippen LogP contribution in [-0.2, 0) is 4.74 Å². The van der Waals surface area contributed by atoms with Crippen molar-refractivity contribution >= 4 is 11.6 Å². The molecule has 0 saturated carbocycles. The molecule has 2 aromatic rings. The molecule has 0 radical (unpaired) electrons. The molecule has 1 heterocycles. The predicted octanol–water partition coefficient (Wildman–Crippen LogP) is 2.34. The zero-order chi connectivity index (χ0) is 21.0. The number of aliphatic hydroxyl groups is 1. The molecule has 1 saturated heterocycles. The molecule has 0 bridgehead atoms. The van der Waals surface area contributed by atoms with E-state index in [1.165, 1.54) is 0 Å². The lowest BCUT2D eigenvalue weighted by Crippen LogP contribution is -2.49. The summed E-state index contributed by atoms with van der Waals surface area (Å²) in [5.74, 6) is 1.07. The predicted molar refractivity (Wildman–Crippen MR) is 111 cm³/mol. The molecule has 29 heavy (non-hydrogen) atoms. The molecule has 0 unspecified atom stereocenters. The summed E-state index contributed by atoms with van der Waals surface area (Å²) in [6, 6.07) is 12.6. The number of nitrogens with zero attached hydrogens (tertiary/aromatic N) is 2. The second-order valence-electron chi connectivity index (χ2n) is 7.09. The average Bonchev–Trinajstić information content (AvgIpc) is 2.77. The van der Waals surface area contributed by atoms with E-state index >= 15 is 0 Å². The molecule has 1 amide bonds. The number of hydrogen-bond donors (Lipinski definition) is 1. The van der Waals surface area contributed by atoms with Gasteiger partial charge in [0.05, 0.1) is 33.5 Å². The molecule has 1 N–H and O–H groups in total. The Kier molecular flexibility index (Phi) is 6.61. The molecule has 7 nitrogen and oxygen atoms in total. The van der Waals surface area contributed by atoms with Crippen molar-refractivity contribution in [2.45, 2.75) is 12.1 Å². The third-order valence-electron chi connectivity index (χ3n) is 5.17. The van der Waals surface area contributed by atoms with Gasteiger partial charge in [-0.25, -0.2) is 0 Å². The summed E-state index contributed by atoms with van der Waals surface area (Å²) in [6.45, 7) is 0.614. The first-order chi connectivity index (χ1) is 14.0. The van der Waals surface area contributed by atoms with E-state index in [4.69, 9.17) is 14.2 Å². The number of amides is 1. The van der Waals surface area contributed by atoms with Crippen molar-refractivity contribution in [2.75, 3.05) is 53.0 Å². The summed E-state index contributed by atoms with van der Waals surface area (Å²) in [4.78, 5) is 17.1. The van der Waals surface area contributed by atoms with Crippen LogP contribution in [0.2, 0.25) is 0 Å². The van der Waals surface area contributed by atoms with Crippen LogP contribution < -0.4 is 14.4 Å². The molecule has 2 atom stereocenters. The van der Waals surface area contributed by atoms with Crippen molar-refractivity contribution in [3.05, 3.63) is 53.6 Å². The Morgan fingerprint density at radius 1 is 1.14 bits per heavy atom. The highest BCUT2D eigenvalue weighted by Crippen LogP contribution is 2.36. The summed E-state index contributed by atoms with van der Waals surface area (Å²) < 4.78 is 16.5. The van der Waals surface area contributed by atoms with Crippen LogP contribution in [0.1, 0.15) is 22.0 Å². The van der Waals surface area contributed by atoms with Gasteiger partial charge in [0.1, 0.15) is 6.10 Å². The first kappa shape index (κ1) is 21.0. The topological polar surface area (TPSA) is 71.5 Å². The van der Waals surface area contributed by atoms with E-state index in [0.29, 0.717) is 30.2 Å². The first-order valence-electron chi connectivity index (χ1n) is 9.53. The Balaban J connectivity index is 1.96. The van der Waals surface area contributed by atoms with Crippen LogP contribution in [0.4, 0.5) is 5.69 Å². The summed E-state index contributed by atoms with van der Waals surface area (Å²) >= 11 is 0. The minimum absolute atomic E-state index is 0.100. The van der Waals surface area contributed by atoms with Gasteiger partial charge in [-0.1, -0.05) is 6.07 Å². The van der Waals surface area contributed by atoms with E-state index < -0.39 is 12.1 Å². The van der Waals surface area contributed by atoms with Crippen LogP contribution in [0.3, 0.4) is 0 Å². The minimum Gasteiger partial charge on any atom is -0.493 e. The van der Waals surface area contributed by atoms with E-state index in [1.807, 2.05) is 55.4 Å². The molecule has 1 fully saturated rings. The maximum absolute atomic E-state index is 13.3. The Morgan fingerprint density at radius 2 is 1.83 bits per heavy atom.